The predicted octanol–water partition coefficient (Wildman–Crippen LogP) is 6.71. The van der Waals surface area contributed by atoms with E-state index in [9.17, 15) is 0 Å². The van der Waals surface area contributed by atoms with Crippen LogP contribution in [0.4, 0.5) is 0 Å². The maximum absolute atomic E-state index is 6.26. The SMILES string of the molecule is Cc1cccc(COc2ccc3ccccc3c2CNCCc2ccc(Cl)cc2)c1. The van der Waals surface area contributed by atoms with Crippen LogP contribution in [0.5, 0.6) is 5.75 Å². The van der Waals surface area contributed by atoms with Crippen LogP contribution in [0, 0.1) is 6.92 Å². The van der Waals surface area contributed by atoms with Crippen molar-refractivity contribution in [2.45, 2.75) is 26.5 Å². The van der Waals surface area contributed by atoms with Crippen LogP contribution in [0.15, 0.2) is 84.9 Å². The summed E-state index contributed by atoms with van der Waals surface area (Å²) in [4.78, 5) is 0. The van der Waals surface area contributed by atoms with Gasteiger partial charge in [0, 0.05) is 17.1 Å². The van der Waals surface area contributed by atoms with Crippen molar-refractivity contribution in [1.82, 2.24) is 5.32 Å². The van der Waals surface area contributed by atoms with E-state index in [4.69, 9.17) is 16.3 Å². The molecular weight excluding hydrogens is 390 g/mol. The molecule has 0 aliphatic carbocycles. The molecule has 0 atom stereocenters. The third-order valence-electron chi connectivity index (χ3n) is 5.28. The zero-order chi connectivity index (χ0) is 20.8. The highest BCUT2D eigenvalue weighted by Gasteiger charge is 2.09. The van der Waals surface area contributed by atoms with E-state index in [1.807, 2.05) is 12.1 Å². The molecule has 2 nitrogen and oxygen atoms in total. The lowest BCUT2D eigenvalue weighted by Gasteiger charge is -2.15. The minimum Gasteiger partial charge on any atom is -0.489 e. The van der Waals surface area contributed by atoms with Crippen LogP contribution in [0.3, 0.4) is 0 Å². The van der Waals surface area contributed by atoms with Crippen LogP contribution >= 0.6 is 11.6 Å². The van der Waals surface area contributed by atoms with Crippen molar-refractivity contribution in [3.05, 3.63) is 112 Å². The number of hydrogen-bond donors (Lipinski definition) is 1. The standard InChI is InChI=1S/C27H26ClNO/c1-20-5-4-6-22(17-20)19-30-27-14-11-23-7-2-3-8-25(23)26(27)18-29-16-15-21-9-12-24(28)13-10-21/h2-14,17,29H,15-16,18-19H2,1H3. The van der Waals surface area contributed by atoms with Crippen LogP contribution in [-0.2, 0) is 19.6 Å². The summed E-state index contributed by atoms with van der Waals surface area (Å²) >= 11 is 5.98. The third-order valence-corrected chi connectivity index (χ3v) is 5.53. The smallest absolute Gasteiger partial charge is 0.124 e. The lowest BCUT2D eigenvalue weighted by Crippen LogP contribution is -2.17. The van der Waals surface area contributed by atoms with E-state index < -0.39 is 0 Å². The fourth-order valence-corrected chi connectivity index (χ4v) is 3.82. The van der Waals surface area contributed by atoms with Gasteiger partial charge in [-0.3, -0.25) is 0 Å². The molecule has 152 valence electrons. The molecule has 30 heavy (non-hydrogen) atoms. The van der Waals surface area contributed by atoms with Crippen molar-refractivity contribution in [1.29, 1.82) is 0 Å². The molecule has 0 saturated carbocycles. The summed E-state index contributed by atoms with van der Waals surface area (Å²) in [6.07, 6.45) is 0.960. The van der Waals surface area contributed by atoms with Gasteiger partial charge >= 0.3 is 0 Å². The number of rotatable bonds is 8. The number of benzene rings is 4. The van der Waals surface area contributed by atoms with Crippen LogP contribution in [0.1, 0.15) is 22.3 Å². The van der Waals surface area contributed by atoms with Gasteiger partial charge in [0.1, 0.15) is 12.4 Å². The zero-order valence-electron chi connectivity index (χ0n) is 17.2. The van der Waals surface area contributed by atoms with Crippen molar-refractivity contribution in [2.24, 2.45) is 0 Å². The molecular formula is C27H26ClNO. The second-order valence-corrected chi connectivity index (χ2v) is 8.03. The summed E-state index contributed by atoms with van der Waals surface area (Å²) in [5.74, 6) is 0.939. The molecule has 0 spiro atoms. The average Bonchev–Trinajstić information content (AvgIpc) is 2.77. The van der Waals surface area contributed by atoms with E-state index >= 15 is 0 Å². The molecule has 0 unspecified atom stereocenters. The van der Waals surface area contributed by atoms with E-state index in [0.717, 1.165) is 30.3 Å². The first kappa shape index (κ1) is 20.5. The topological polar surface area (TPSA) is 21.3 Å². The summed E-state index contributed by atoms with van der Waals surface area (Å²) < 4.78 is 6.26. The Bertz CT molecular complexity index is 1120. The highest BCUT2D eigenvalue weighted by atomic mass is 35.5. The van der Waals surface area contributed by atoms with E-state index in [1.165, 1.54) is 33.0 Å². The highest BCUT2D eigenvalue weighted by Crippen LogP contribution is 2.29. The molecule has 0 aliphatic rings. The maximum atomic E-state index is 6.26. The van der Waals surface area contributed by atoms with Gasteiger partial charge in [-0.25, -0.2) is 0 Å². The number of halogens is 1. The first-order valence-corrected chi connectivity index (χ1v) is 10.7. The van der Waals surface area contributed by atoms with Crippen molar-refractivity contribution < 1.29 is 4.74 Å². The Morgan fingerprint density at radius 3 is 2.50 bits per heavy atom. The average molecular weight is 416 g/mol. The third kappa shape index (κ3) is 5.21. The van der Waals surface area contributed by atoms with E-state index in [1.54, 1.807) is 0 Å². The Kier molecular flexibility index (Phi) is 6.68. The minimum atomic E-state index is 0.567. The number of fused-ring (bicyclic) bond motifs is 1. The van der Waals surface area contributed by atoms with Gasteiger partial charge in [0.25, 0.3) is 0 Å². The molecule has 4 rings (SSSR count). The van der Waals surface area contributed by atoms with Crippen LogP contribution in [0.25, 0.3) is 10.8 Å². The number of ether oxygens (including phenoxy) is 1. The van der Waals surface area contributed by atoms with Crippen LogP contribution in [0.2, 0.25) is 5.02 Å². The Morgan fingerprint density at radius 1 is 0.833 bits per heavy atom. The number of nitrogens with one attached hydrogen (secondary N) is 1. The van der Waals surface area contributed by atoms with Gasteiger partial charge in [0.2, 0.25) is 0 Å². The van der Waals surface area contributed by atoms with Crippen molar-refractivity contribution >= 4 is 22.4 Å². The fourth-order valence-electron chi connectivity index (χ4n) is 3.69. The monoisotopic (exact) mass is 415 g/mol. The molecule has 4 aromatic carbocycles. The lowest BCUT2D eigenvalue weighted by molar-refractivity contribution is 0.302. The Labute approximate surface area is 183 Å². The summed E-state index contributed by atoms with van der Waals surface area (Å²) in [5, 5.41) is 6.83. The quantitative estimate of drug-likeness (QED) is 0.323. The van der Waals surface area contributed by atoms with E-state index in [-0.39, 0.29) is 0 Å². The molecule has 4 aromatic rings. The van der Waals surface area contributed by atoms with Crippen molar-refractivity contribution in [2.75, 3.05) is 6.54 Å². The number of aryl methyl sites for hydroxylation is 1. The molecule has 0 heterocycles. The molecule has 0 fully saturated rings. The fraction of sp³-hybridized carbons (Fsp3) is 0.185. The van der Waals surface area contributed by atoms with Gasteiger partial charge in [-0.05, 0) is 60.0 Å². The molecule has 0 radical (unpaired) electrons. The van der Waals surface area contributed by atoms with Gasteiger partial charge in [0.05, 0.1) is 0 Å². The molecule has 1 N–H and O–H groups in total. The highest BCUT2D eigenvalue weighted by molar-refractivity contribution is 6.30. The van der Waals surface area contributed by atoms with E-state index in [2.05, 4.69) is 85.0 Å². The van der Waals surface area contributed by atoms with Gasteiger partial charge in [-0.15, -0.1) is 0 Å². The van der Waals surface area contributed by atoms with Crippen LogP contribution in [-0.4, -0.2) is 6.54 Å². The summed E-state index contributed by atoms with van der Waals surface area (Å²) in [7, 11) is 0. The number of hydrogen-bond acceptors (Lipinski definition) is 2. The van der Waals surface area contributed by atoms with Crippen molar-refractivity contribution in [3.63, 3.8) is 0 Å². The van der Waals surface area contributed by atoms with Gasteiger partial charge in [-0.1, -0.05) is 83.9 Å². The van der Waals surface area contributed by atoms with Gasteiger partial charge in [0.15, 0.2) is 0 Å². The Morgan fingerprint density at radius 2 is 1.67 bits per heavy atom. The summed E-state index contributed by atoms with van der Waals surface area (Å²) in [6.45, 7) is 4.33. The zero-order valence-corrected chi connectivity index (χ0v) is 18.0. The Hall–Kier alpha value is -2.81. The normalized spacial score (nSPS) is 11.0. The first-order valence-electron chi connectivity index (χ1n) is 10.3. The molecule has 0 saturated heterocycles. The van der Waals surface area contributed by atoms with Crippen LogP contribution < -0.4 is 10.1 Å². The van der Waals surface area contributed by atoms with Gasteiger partial charge in [-0.2, -0.15) is 0 Å². The van der Waals surface area contributed by atoms with E-state index in [0.29, 0.717) is 6.61 Å². The summed E-state index contributed by atoms with van der Waals surface area (Å²) in [5.41, 5.74) is 4.92. The second kappa shape index (κ2) is 9.80. The molecule has 0 aromatic heterocycles. The lowest BCUT2D eigenvalue weighted by atomic mass is 10.0. The molecule has 3 heteroatoms. The first-order chi connectivity index (χ1) is 14.7. The molecule has 0 amide bonds. The van der Waals surface area contributed by atoms with Crippen molar-refractivity contribution in [3.8, 4) is 5.75 Å². The second-order valence-electron chi connectivity index (χ2n) is 7.59. The minimum absolute atomic E-state index is 0.567. The summed E-state index contributed by atoms with van der Waals surface area (Å²) in [6, 6.07) is 29.2. The van der Waals surface area contributed by atoms with Gasteiger partial charge < -0.3 is 10.1 Å². The largest absolute Gasteiger partial charge is 0.489 e. The maximum Gasteiger partial charge on any atom is 0.124 e. The predicted molar refractivity (Wildman–Crippen MR) is 126 cm³/mol. The molecule has 0 aliphatic heterocycles. The molecule has 0 bridgehead atoms. The Balaban J connectivity index is 1.47.